The Balaban J connectivity index is 2.47. The second kappa shape index (κ2) is 5.93. The van der Waals surface area contributed by atoms with Crippen LogP contribution in [0.2, 0.25) is 0 Å². The molecule has 0 aliphatic carbocycles. The molecule has 2 atom stereocenters. The third kappa shape index (κ3) is 3.10. The third-order valence-corrected chi connectivity index (χ3v) is 3.43. The highest BCUT2D eigenvalue weighted by Crippen LogP contribution is 2.26. The van der Waals surface area contributed by atoms with E-state index in [1.54, 1.807) is 7.11 Å². The lowest BCUT2D eigenvalue weighted by atomic mass is 10.2. The van der Waals surface area contributed by atoms with Crippen molar-refractivity contribution < 1.29 is 4.74 Å². The number of methoxy groups -OCH3 is 1. The highest BCUT2D eigenvalue weighted by atomic mass is 35.5. The summed E-state index contributed by atoms with van der Waals surface area (Å²) in [6, 6.07) is 6.32. The molecule has 1 aromatic heterocycles. The van der Waals surface area contributed by atoms with Gasteiger partial charge in [-0.15, -0.1) is 11.6 Å². The maximum absolute atomic E-state index is 6.27. The normalized spacial score (nSPS) is 14.8. The first kappa shape index (κ1) is 14.4. The van der Waals surface area contributed by atoms with Gasteiger partial charge in [-0.2, -0.15) is 0 Å². The fourth-order valence-corrected chi connectivity index (χ4v) is 2.56. The number of aromatic nitrogens is 2. The summed E-state index contributed by atoms with van der Waals surface area (Å²) in [5.74, 6) is 1.36. The smallest absolute Gasteiger partial charge is 0.127 e. The van der Waals surface area contributed by atoms with E-state index in [2.05, 4.69) is 41.6 Å². The molecular weight excluding hydrogens is 260 g/mol. The van der Waals surface area contributed by atoms with E-state index in [1.807, 2.05) is 6.92 Å². The van der Waals surface area contributed by atoms with Crippen LogP contribution in [0.3, 0.4) is 0 Å². The standard InChI is InChI=1S/C15H21ClN2O/c1-10-5-6-13-14(7-10)18(8-11(2)9-19-4)15(17-13)12(3)16/h5-7,11-12H,8-9H2,1-4H3. The van der Waals surface area contributed by atoms with Gasteiger partial charge in [-0.05, 0) is 37.5 Å². The van der Waals surface area contributed by atoms with Gasteiger partial charge < -0.3 is 9.30 Å². The van der Waals surface area contributed by atoms with Crippen molar-refractivity contribution in [2.24, 2.45) is 5.92 Å². The molecule has 0 saturated carbocycles. The number of aryl methyl sites for hydroxylation is 1. The summed E-state index contributed by atoms with van der Waals surface area (Å²) >= 11 is 6.27. The van der Waals surface area contributed by atoms with Gasteiger partial charge in [0.15, 0.2) is 0 Å². The van der Waals surface area contributed by atoms with Crippen molar-refractivity contribution in [1.82, 2.24) is 9.55 Å². The highest BCUT2D eigenvalue weighted by Gasteiger charge is 2.16. The number of nitrogens with zero attached hydrogens (tertiary/aromatic N) is 2. The van der Waals surface area contributed by atoms with Crippen molar-refractivity contribution in [3.63, 3.8) is 0 Å². The molecule has 1 aromatic carbocycles. The van der Waals surface area contributed by atoms with Crippen LogP contribution in [-0.2, 0) is 11.3 Å². The molecule has 0 spiro atoms. The van der Waals surface area contributed by atoms with Crippen LogP contribution in [0.1, 0.15) is 30.6 Å². The number of fused-ring (bicyclic) bond motifs is 1. The monoisotopic (exact) mass is 280 g/mol. The zero-order valence-corrected chi connectivity index (χ0v) is 12.7. The Morgan fingerprint density at radius 1 is 1.37 bits per heavy atom. The summed E-state index contributed by atoms with van der Waals surface area (Å²) in [6.07, 6.45) is 0. The van der Waals surface area contributed by atoms with E-state index < -0.39 is 0 Å². The molecule has 19 heavy (non-hydrogen) atoms. The molecule has 0 amide bonds. The maximum atomic E-state index is 6.27. The van der Waals surface area contributed by atoms with E-state index in [-0.39, 0.29) is 5.38 Å². The molecule has 1 heterocycles. The van der Waals surface area contributed by atoms with Crippen LogP contribution in [0.25, 0.3) is 11.0 Å². The van der Waals surface area contributed by atoms with Gasteiger partial charge in [0, 0.05) is 13.7 Å². The number of halogens is 1. The molecule has 0 N–H and O–H groups in total. The average molecular weight is 281 g/mol. The van der Waals surface area contributed by atoms with E-state index in [0.717, 1.165) is 30.0 Å². The lowest BCUT2D eigenvalue weighted by molar-refractivity contribution is 0.151. The molecular formula is C15H21ClN2O. The second-order valence-corrected chi connectivity index (χ2v) is 5.90. The molecule has 0 aliphatic heterocycles. The molecule has 3 nitrogen and oxygen atoms in total. The summed E-state index contributed by atoms with van der Waals surface area (Å²) in [6.45, 7) is 7.85. The van der Waals surface area contributed by atoms with Crippen molar-refractivity contribution in [1.29, 1.82) is 0 Å². The molecule has 0 radical (unpaired) electrons. The lowest BCUT2D eigenvalue weighted by Crippen LogP contribution is -2.15. The topological polar surface area (TPSA) is 27.1 Å². The number of rotatable bonds is 5. The number of ether oxygens (including phenoxy) is 1. The Labute approximate surface area is 119 Å². The van der Waals surface area contributed by atoms with Crippen LogP contribution in [0.15, 0.2) is 18.2 Å². The zero-order chi connectivity index (χ0) is 14.0. The van der Waals surface area contributed by atoms with Gasteiger partial charge in [-0.1, -0.05) is 13.0 Å². The van der Waals surface area contributed by atoms with Crippen molar-refractivity contribution >= 4 is 22.6 Å². The van der Waals surface area contributed by atoms with Gasteiger partial charge >= 0.3 is 0 Å². The summed E-state index contributed by atoms with van der Waals surface area (Å²) in [5, 5.41) is -0.0950. The van der Waals surface area contributed by atoms with E-state index in [0.29, 0.717) is 5.92 Å². The zero-order valence-electron chi connectivity index (χ0n) is 12.0. The predicted molar refractivity (Wildman–Crippen MR) is 79.8 cm³/mol. The van der Waals surface area contributed by atoms with Crippen LogP contribution in [0, 0.1) is 12.8 Å². The predicted octanol–water partition coefficient (Wildman–Crippen LogP) is 3.93. The number of hydrogen-bond donors (Lipinski definition) is 0. The Kier molecular flexibility index (Phi) is 4.48. The Morgan fingerprint density at radius 2 is 2.11 bits per heavy atom. The van der Waals surface area contributed by atoms with Crippen LogP contribution >= 0.6 is 11.6 Å². The number of alkyl halides is 1. The second-order valence-electron chi connectivity index (χ2n) is 5.25. The molecule has 104 valence electrons. The number of hydrogen-bond acceptors (Lipinski definition) is 2. The molecule has 0 aliphatic rings. The van der Waals surface area contributed by atoms with Gasteiger partial charge in [0.2, 0.25) is 0 Å². The van der Waals surface area contributed by atoms with Crippen molar-refractivity contribution in [2.45, 2.75) is 32.7 Å². The molecule has 2 unspecified atom stereocenters. The van der Waals surface area contributed by atoms with E-state index in [4.69, 9.17) is 16.3 Å². The number of benzene rings is 1. The van der Waals surface area contributed by atoms with Crippen molar-refractivity contribution in [3.05, 3.63) is 29.6 Å². The molecule has 4 heteroatoms. The van der Waals surface area contributed by atoms with E-state index >= 15 is 0 Å². The van der Waals surface area contributed by atoms with Crippen molar-refractivity contribution in [2.75, 3.05) is 13.7 Å². The Hall–Kier alpha value is -1.06. The van der Waals surface area contributed by atoms with Crippen LogP contribution in [0.4, 0.5) is 0 Å². The van der Waals surface area contributed by atoms with Gasteiger partial charge in [0.05, 0.1) is 23.0 Å². The van der Waals surface area contributed by atoms with Gasteiger partial charge in [-0.25, -0.2) is 4.98 Å². The van der Waals surface area contributed by atoms with Crippen LogP contribution < -0.4 is 0 Å². The minimum atomic E-state index is -0.0950. The SMILES string of the molecule is COCC(C)Cn1c(C(C)Cl)nc2ccc(C)cc21. The first-order valence-corrected chi connectivity index (χ1v) is 7.06. The van der Waals surface area contributed by atoms with Gasteiger partial charge in [-0.3, -0.25) is 0 Å². The molecule has 0 saturated heterocycles. The van der Waals surface area contributed by atoms with E-state index in [9.17, 15) is 0 Å². The summed E-state index contributed by atoms with van der Waals surface area (Å²) < 4.78 is 7.45. The molecule has 0 bridgehead atoms. The van der Waals surface area contributed by atoms with Crippen LogP contribution in [-0.4, -0.2) is 23.3 Å². The quantitative estimate of drug-likeness (QED) is 0.776. The average Bonchev–Trinajstić information content (AvgIpc) is 2.68. The molecule has 2 rings (SSSR count). The summed E-state index contributed by atoms with van der Waals surface area (Å²) in [4.78, 5) is 4.66. The largest absolute Gasteiger partial charge is 0.384 e. The van der Waals surface area contributed by atoms with Crippen LogP contribution in [0.5, 0.6) is 0 Å². The summed E-state index contributed by atoms with van der Waals surface area (Å²) in [7, 11) is 1.73. The molecule has 0 fully saturated rings. The molecule has 2 aromatic rings. The Morgan fingerprint density at radius 3 is 2.74 bits per heavy atom. The van der Waals surface area contributed by atoms with Crippen molar-refractivity contribution in [3.8, 4) is 0 Å². The minimum absolute atomic E-state index is 0.0950. The Bertz CT molecular complexity index is 563. The fourth-order valence-electron chi connectivity index (χ4n) is 2.40. The summed E-state index contributed by atoms with van der Waals surface area (Å²) in [5.41, 5.74) is 3.41. The minimum Gasteiger partial charge on any atom is -0.384 e. The highest BCUT2D eigenvalue weighted by molar-refractivity contribution is 6.20. The number of imidazole rings is 1. The van der Waals surface area contributed by atoms with E-state index in [1.165, 1.54) is 5.56 Å². The first-order valence-electron chi connectivity index (χ1n) is 6.62. The van der Waals surface area contributed by atoms with Gasteiger partial charge in [0.25, 0.3) is 0 Å². The maximum Gasteiger partial charge on any atom is 0.127 e. The van der Waals surface area contributed by atoms with Gasteiger partial charge in [0.1, 0.15) is 5.82 Å². The first-order chi connectivity index (χ1) is 9.02. The lowest BCUT2D eigenvalue weighted by Gasteiger charge is -2.15. The third-order valence-electron chi connectivity index (χ3n) is 3.23. The fraction of sp³-hybridized carbons (Fsp3) is 0.533.